The van der Waals surface area contributed by atoms with E-state index in [0.717, 1.165) is 22.1 Å². The summed E-state index contributed by atoms with van der Waals surface area (Å²) in [5.74, 6) is 0.950. The Balaban J connectivity index is 1.50. The molecule has 1 N–H and O–H groups in total. The summed E-state index contributed by atoms with van der Waals surface area (Å²) >= 11 is 7.92. The van der Waals surface area contributed by atoms with E-state index in [1.165, 1.54) is 11.1 Å². The molecule has 0 aliphatic carbocycles. The van der Waals surface area contributed by atoms with Crippen LogP contribution in [0.2, 0.25) is 5.02 Å². The van der Waals surface area contributed by atoms with Gasteiger partial charge in [0.25, 0.3) is 0 Å². The van der Waals surface area contributed by atoms with Crippen LogP contribution in [0.3, 0.4) is 0 Å². The highest BCUT2D eigenvalue weighted by Gasteiger charge is 2.40. The number of nitrogens with one attached hydrogen (secondary N) is 1. The first-order valence-corrected chi connectivity index (χ1v) is 12.0. The number of para-hydroxylation sites is 1. The van der Waals surface area contributed by atoms with E-state index in [1.54, 1.807) is 23.9 Å². The minimum absolute atomic E-state index is 0.133. The van der Waals surface area contributed by atoms with Crippen molar-refractivity contribution in [1.29, 1.82) is 0 Å². The third kappa shape index (κ3) is 4.65. The molecule has 0 bridgehead atoms. The summed E-state index contributed by atoms with van der Waals surface area (Å²) in [6.07, 6.45) is 1.43. The topological polar surface area (TPSA) is 57.1 Å². The lowest BCUT2D eigenvalue weighted by molar-refractivity contribution is 0.175. The molecule has 1 saturated heterocycles. The minimum Gasteiger partial charge on any atom is -0.324 e. The number of carbonyl (C=O) groups is 1. The first-order chi connectivity index (χ1) is 14.9. The molecule has 1 spiro atoms. The molecule has 0 unspecified atom stereocenters. The first-order valence-electron chi connectivity index (χ1n) is 10.6. The van der Waals surface area contributed by atoms with Gasteiger partial charge in [0.2, 0.25) is 0 Å². The molecule has 7 heteroatoms. The summed E-state index contributed by atoms with van der Waals surface area (Å²) in [6.45, 7) is 7.60. The second kappa shape index (κ2) is 9.05. The van der Waals surface area contributed by atoms with Gasteiger partial charge in [-0.15, -0.1) is 11.8 Å². The van der Waals surface area contributed by atoms with Gasteiger partial charge in [-0.25, -0.2) is 9.79 Å². The highest BCUT2D eigenvalue weighted by Crippen LogP contribution is 2.36. The number of aryl methyl sites for hydroxylation is 2. The predicted molar refractivity (Wildman–Crippen MR) is 132 cm³/mol. The molecule has 2 aliphatic rings. The molecule has 5 nitrogen and oxygen atoms in total. The van der Waals surface area contributed by atoms with E-state index in [0.29, 0.717) is 36.6 Å². The lowest BCUT2D eigenvalue weighted by Gasteiger charge is -2.35. The number of nitrogens with zero attached hydrogens (tertiary/aromatic N) is 3. The molecule has 0 atom stereocenters. The van der Waals surface area contributed by atoms with Crippen LogP contribution >= 0.6 is 23.4 Å². The fourth-order valence-corrected chi connectivity index (χ4v) is 4.88. The summed E-state index contributed by atoms with van der Waals surface area (Å²) in [5, 5.41) is 4.46. The van der Waals surface area contributed by atoms with Crippen molar-refractivity contribution in [3.8, 4) is 0 Å². The van der Waals surface area contributed by atoms with Crippen molar-refractivity contribution in [2.75, 3.05) is 24.2 Å². The highest BCUT2D eigenvalue weighted by atomic mass is 35.5. The Bertz CT molecular complexity index is 1060. The molecule has 2 heterocycles. The lowest BCUT2D eigenvalue weighted by atomic mass is 9.98. The van der Waals surface area contributed by atoms with E-state index < -0.39 is 5.66 Å². The van der Waals surface area contributed by atoms with E-state index >= 15 is 0 Å². The van der Waals surface area contributed by atoms with Crippen LogP contribution in [0.25, 0.3) is 0 Å². The van der Waals surface area contributed by atoms with Gasteiger partial charge in [-0.05, 0) is 48.9 Å². The highest BCUT2D eigenvalue weighted by molar-refractivity contribution is 8.15. The van der Waals surface area contributed by atoms with Gasteiger partial charge in [0.1, 0.15) is 5.04 Å². The number of thioether (sulfide) groups is 1. The average molecular weight is 455 g/mol. The maximum absolute atomic E-state index is 12.7. The number of anilines is 1. The lowest BCUT2D eigenvalue weighted by Crippen LogP contribution is -2.46. The van der Waals surface area contributed by atoms with E-state index in [4.69, 9.17) is 21.6 Å². The number of benzene rings is 2. The number of amides is 2. The molecule has 2 aromatic rings. The maximum Gasteiger partial charge on any atom is 0.321 e. The Morgan fingerprint density at radius 3 is 2.55 bits per heavy atom. The van der Waals surface area contributed by atoms with Crippen molar-refractivity contribution in [1.82, 2.24) is 4.90 Å². The molecule has 162 valence electrons. The van der Waals surface area contributed by atoms with E-state index in [1.807, 2.05) is 17.0 Å². The van der Waals surface area contributed by atoms with Crippen LogP contribution in [0.15, 0.2) is 52.4 Å². The van der Waals surface area contributed by atoms with Crippen LogP contribution in [-0.4, -0.2) is 46.2 Å². The van der Waals surface area contributed by atoms with Gasteiger partial charge < -0.3 is 10.2 Å². The van der Waals surface area contributed by atoms with Crippen molar-refractivity contribution in [3.05, 3.63) is 64.2 Å². The molecule has 2 amide bonds. The Hall–Kier alpha value is -2.31. The molecule has 0 aromatic heterocycles. The smallest absolute Gasteiger partial charge is 0.321 e. The van der Waals surface area contributed by atoms with Crippen molar-refractivity contribution < 1.29 is 4.79 Å². The van der Waals surface area contributed by atoms with Crippen molar-refractivity contribution >= 4 is 45.8 Å². The van der Waals surface area contributed by atoms with Crippen LogP contribution in [0.1, 0.15) is 36.5 Å². The number of hydrogen-bond acceptors (Lipinski definition) is 4. The molecule has 2 aromatic carbocycles. The Kier molecular flexibility index (Phi) is 6.39. The van der Waals surface area contributed by atoms with Gasteiger partial charge in [0.15, 0.2) is 5.66 Å². The zero-order valence-corrected chi connectivity index (χ0v) is 19.7. The molecule has 0 saturated carbocycles. The number of aliphatic imine (C=N–C) groups is 2. The maximum atomic E-state index is 12.7. The normalized spacial score (nSPS) is 17.5. The van der Waals surface area contributed by atoms with Gasteiger partial charge in [-0.2, -0.15) is 0 Å². The standard InChI is InChI=1S/C24H27ClN4OS/c1-4-31-22-21(18-10-9-16(2)17(3)15-18)27-24(28-22)11-13-29(14-12-24)23(30)26-20-8-6-5-7-19(20)25/h5-10,15H,4,11-14H2,1-3H3,(H,26,30). The predicted octanol–water partition coefficient (Wildman–Crippen LogP) is 5.94. The second-order valence-corrected chi connectivity index (χ2v) is 9.65. The Morgan fingerprint density at radius 1 is 1.13 bits per heavy atom. The van der Waals surface area contributed by atoms with Crippen LogP contribution in [0.5, 0.6) is 0 Å². The van der Waals surface area contributed by atoms with Crippen LogP contribution < -0.4 is 5.32 Å². The Morgan fingerprint density at radius 2 is 1.87 bits per heavy atom. The van der Waals surface area contributed by atoms with Gasteiger partial charge in [0, 0.05) is 31.5 Å². The number of urea groups is 1. The second-order valence-electron chi connectivity index (χ2n) is 7.99. The van der Waals surface area contributed by atoms with Crippen molar-refractivity contribution in [3.63, 3.8) is 0 Å². The number of carbonyl (C=O) groups excluding carboxylic acids is 1. The fourth-order valence-electron chi connectivity index (χ4n) is 3.89. The van der Waals surface area contributed by atoms with Crippen molar-refractivity contribution in [2.24, 2.45) is 9.98 Å². The summed E-state index contributed by atoms with van der Waals surface area (Å²) < 4.78 is 0. The number of likely N-dealkylation sites (tertiary alicyclic amines) is 1. The first kappa shape index (κ1) is 21.9. The molecule has 2 aliphatic heterocycles. The zero-order chi connectivity index (χ0) is 22.0. The van der Waals surface area contributed by atoms with Crippen LogP contribution in [0, 0.1) is 13.8 Å². The van der Waals surface area contributed by atoms with Gasteiger partial charge in [0.05, 0.1) is 16.4 Å². The Labute approximate surface area is 193 Å². The fraction of sp³-hybridized carbons (Fsp3) is 0.375. The molecule has 31 heavy (non-hydrogen) atoms. The number of rotatable bonds is 3. The molecular formula is C24H27ClN4OS. The van der Waals surface area contributed by atoms with Crippen LogP contribution in [0.4, 0.5) is 10.5 Å². The van der Waals surface area contributed by atoms with E-state index in [2.05, 4.69) is 44.3 Å². The zero-order valence-electron chi connectivity index (χ0n) is 18.1. The molecular weight excluding hydrogens is 428 g/mol. The molecule has 4 rings (SSSR count). The van der Waals surface area contributed by atoms with Crippen LogP contribution in [-0.2, 0) is 0 Å². The third-order valence-corrected chi connectivity index (χ3v) is 7.04. The number of piperidine rings is 1. The molecule has 0 radical (unpaired) electrons. The minimum atomic E-state index is -0.465. The monoisotopic (exact) mass is 454 g/mol. The average Bonchev–Trinajstić information content (AvgIpc) is 3.10. The third-order valence-electron chi connectivity index (χ3n) is 5.86. The summed E-state index contributed by atoms with van der Waals surface area (Å²) in [6, 6.07) is 13.6. The van der Waals surface area contributed by atoms with E-state index in [9.17, 15) is 4.79 Å². The summed E-state index contributed by atoms with van der Waals surface area (Å²) in [7, 11) is 0. The summed E-state index contributed by atoms with van der Waals surface area (Å²) in [4.78, 5) is 24.7. The van der Waals surface area contributed by atoms with E-state index in [-0.39, 0.29) is 6.03 Å². The largest absolute Gasteiger partial charge is 0.324 e. The van der Waals surface area contributed by atoms with Gasteiger partial charge in [-0.3, -0.25) is 4.99 Å². The SMILES string of the molecule is CCSC1=NC2(CCN(C(=O)Nc3ccccc3Cl)CC2)N=C1c1ccc(C)c(C)c1. The van der Waals surface area contributed by atoms with Crippen molar-refractivity contribution in [2.45, 2.75) is 39.3 Å². The van der Waals surface area contributed by atoms with Gasteiger partial charge in [-0.1, -0.05) is 42.8 Å². The summed E-state index contributed by atoms with van der Waals surface area (Å²) in [5.41, 5.74) is 4.81. The number of hydrogen-bond donors (Lipinski definition) is 1. The quantitative estimate of drug-likeness (QED) is 0.624. The number of halogens is 1. The molecule has 1 fully saturated rings. The van der Waals surface area contributed by atoms with Gasteiger partial charge >= 0.3 is 6.03 Å².